The second-order valence-electron chi connectivity index (χ2n) is 4.88. The number of hydrogen-bond acceptors (Lipinski definition) is 4. The van der Waals surface area contributed by atoms with Crippen molar-refractivity contribution in [3.8, 4) is 0 Å². The average Bonchev–Trinajstić information content (AvgIpc) is 2.88. The predicted molar refractivity (Wildman–Crippen MR) is 70.9 cm³/mol. The summed E-state index contributed by atoms with van der Waals surface area (Å²) in [5, 5.41) is 6.19. The Labute approximate surface area is 107 Å². The van der Waals surface area contributed by atoms with Crippen LogP contribution in [0, 0.1) is 0 Å². The van der Waals surface area contributed by atoms with Crippen molar-refractivity contribution >= 4 is 17.9 Å². The van der Waals surface area contributed by atoms with Crippen LogP contribution in [0.2, 0.25) is 0 Å². The van der Waals surface area contributed by atoms with E-state index in [1.807, 2.05) is 6.20 Å². The van der Waals surface area contributed by atoms with E-state index in [-0.39, 0.29) is 0 Å². The van der Waals surface area contributed by atoms with Gasteiger partial charge in [-0.25, -0.2) is 4.98 Å². The number of carbonyl (C=O) groups is 1. The van der Waals surface area contributed by atoms with Gasteiger partial charge in [-0.15, -0.1) is 0 Å². The van der Waals surface area contributed by atoms with Crippen LogP contribution in [0.15, 0.2) is 12.3 Å². The second kappa shape index (κ2) is 4.84. The molecule has 0 bridgehead atoms. The zero-order chi connectivity index (χ0) is 12.4. The zero-order valence-corrected chi connectivity index (χ0v) is 10.4. The van der Waals surface area contributed by atoms with Crippen LogP contribution >= 0.6 is 0 Å². The van der Waals surface area contributed by atoms with E-state index in [0.717, 1.165) is 51.1 Å². The number of amides is 1. The number of aromatic nitrogens is 1. The van der Waals surface area contributed by atoms with Crippen molar-refractivity contribution in [2.24, 2.45) is 0 Å². The first-order valence-corrected chi connectivity index (χ1v) is 6.55. The Morgan fingerprint density at radius 1 is 1.44 bits per heavy atom. The summed E-state index contributed by atoms with van der Waals surface area (Å²) in [6, 6.07) is 2.45. The Morgan fingerprint density at radius 3 is 3.06 bits per heavy atom. The molecule has 5 nitrogen and oxygen atoms in total. The number of nitrogens with one attached hydrogen (secondary N) is 2. The molecule has 1 amide bonds. The minimum Gasteiger partial charge on any atom is -0.371 e. The molecular formula is C13H18N4O. The van der Waals surface area contributed by atoms with Crippen LogP contribution in [0.3, 0.4) is 0 Å². The van der Waals surface area contributed by atoms with Crippen LogP contribution in [0.1, 0.15) is 18.4 Å². The van der Waals surface area contributed by atoms with Crippen molar-refractivity contribution in [3.63, 3.8) is 0 Å². The Bertz CT molecular complexity index is 441. The fraction of sp³-hybridized carbons (Fsp3) is 0.538. The van der Waals surface area contributed by atoms with Crippen molar-refractivity contribution in [3.05, 3.63) is 17.8 Å². The molecule has 2 N–H and O–H groups in total. The van der Waals surface area contributed by atoms with Crippen LogP contribution < -0.4 is 15.5 Å². The molecule has 0 unspecified atom stereocenters. The van der Waals surface area contributed by atoms with E-state index >= 15 is 0 Å². The van der Waals surface area contributed by atoms with E-state index in [9.17, 15) is 4.79 Å². The number of hydrogen-bond donors (Lipinski definition) is 2. The van der Waals surface area contributed by atoms with E-state index in [1.54, 1.807) is 0 Å². The minimum absolute atomic E-state index is 0.340. The van der Waals surface area contributed by atoms with Gasteiger partial charge in [0.1, 0.15) is 5.82 Å². The molecule has 1 aromatic heterocycles. The number of rotatable bonds is 3. The van der Waals surface area contributed by atoms with Crippen LogP contribution in [0.25, 0.3) is 0 Å². The normalized spacial score (nSPS) is 19.2. The molecule has 0 aromatic carbocycles. The highest BCUT2D eigenvalue weighted by Crippen LogP contribution is 2.31. The molecule has 96 valence electrons. The highest BCUT2D eigenvalue weighted by atomic mass is 16.1. The highest BCUT2D eigenvalue weighted by Gasteiger charge is 2.23. The van der Waals surface area contributed by atoms with E-state index in [2.05, 4.69) is 26.6 Å². The molecule has 0 aliphatic carbocycles. The van der Waals surface area contributed by atoms with Crippen LogP contribution in [0.5, 0.6) is 0 Å². The molecule has 0 radical (unpaired) electrons. The van der Waals surface area contributed by atoms with Crippen molar-refractivity contribution in [1.82, 2.24) is 10.3 Å². The summed E-state index contributed by atoms with van der Waals surface area (Å²) < 4.78 is 0. The Balaban J connectivity index is 1.73. The van der Waals surface area contributed by atoms with Crippen molar-refractivity contribution in [2.75, 3.05) is 29.9 Å². The fourth-order valence-corrected chi connectivity index (χ4v) is 2.87. The van der Waals surface area contributed by atoms with E-state index in [1.165, 1.54) is 11.3 Å². The topological polar surface area (TPSA) is 57.3 Å². The summed E-state index contributed by atoms with van der Waals surface area (Å²) >= 11 is 0. The van der Waals surface area contributed by atoms with Gasteiger partial charge in [-0.3, -0.25) is 4.79 Å². The fourth-order valence-electron chi connectivity index (χ4n) is 2.87. The first-order chi connectivity index (χ1) is 8.88. The first kappa shape index (κ1) is 11.3. The van der Waals surface area contributed by atoms with Gasteiger partial charge < -0.3 is 15.5 Å². The largest absolute Gasteiger partial charge is 0.371 e. The molecule has 2 aliphatic heterocycles. The van der Waals surface area contributed by atoms with Gasteiger partial charge in [0.05, 0.1) is 0 Å². The predicted octanol–water partition coefficient (Wildman–Crippen LogP) is 0.764. The van der Waals surface area contributed by atoms with Gasteiger partial charge >= 0.3 is 0 Å². The van der Waals surface area contributed by atoms with Gasteiger partial charge in [-0.05, 0) is 25.3 Å². The molecule has 1 aromatic rings. The molecular weight excluding hydrogens is 228 g/mol. The third-order valence-corrected chi connectivity index (χ3v) is 3.84. The van der Waals surface area contributed by atoms with E-state index in [0.29, 0.717) is 6.04 Å². The molecule has 0 atom stereocenters. The first-order valence-electron chi connectivity index (χ1n) is 6.55. The summed E-state index contributed by atoms with van der Waals surface area (Å²) in [4.78, 5) is 17.2. The third kappa shape index (κ3) is 2.00. The SMILES string of the molecule is O=CNC1CCN(c2ccnc3c2CCN3)CC1. The summed E-state index contributed by atoms with van der Waals surface area (Å²) in [7, 11) is 0. The number of piperidine rings is 1. The zero-order valence-electron chi connectivity index (χ0n) is 10.4. The van der Waals surface area contributed by atoms with Gasteiger partial charge in [0.15, 0.2) is 0 Å². The molecule has 2 aliphatic rings. The molecule has 1 saturated heterocycles. The third-order valence-electron chi connectivity index (χ3n) is 3.84. The molecule has 3 heterocycles. The number of pyridine rings is 1. The van der Waals surface area contributed by atoms with Gasteiger partial charge in [-0.2, -0.15) is 0 Å². The van der Waals surface area contributed by atoms with Crippen molar-refractivity contribution in [1.29, 1.82) is 0 Å². The molecule has 0 spiro atoms. The maximum atomic E-state index is 10.4. The lowest BCUT2D eigenvalue weighted by atomic mass is 10.0. The number of carbonyl (C=O) groups excluding carboxylic acids is 1. The Hall–Kier alpha value is -1.78. The molecule has 18 heavy (non-hydrogen) atoms. The van der Waals surface area contributed by atoms with Crippen LogP contribution in [-0.2, 0) is 11.2 Å². The standard InChI is InChI=1S/C13H18N4O/c18-9-16-10-3-7-17(8-4-10)12-2-6-15-13-11(12)1-5-14-13/h2,6,9-10H,1,3-5,7-8H2,(H,14,15)(H,16,18). The molecule has 3 rings (SSSR count). The van der Waals surface area contributed by atoms with Gasteiger partial charge in [-0.1, -0.05) is 0 Å². The Morgan fingerprint density at radius 2 is 2.28 bits per heavy atom. The van der Waals surface area contributed by atoms with Crippen molar-refractivity contribution < 1.29 is 4.79 Å². The molecule has 1 fully saturated rings. The smallest absolute Gasteiger partial charge is 0.207 e. The maximum Gasteiger partial charge on any atom is 0.207 e. The minimum atomic E-state index is 0.340. The number of anilines is 2. The average molecular weight is 246 g/mol. The highest BCUT2D eigenvalue weighted by molar-refractivity contribution is 5.66. The van der Waals surface area contributed by atoms with Crippen molar-refractivity contribution in [2.45, 2.75) is 25.3 Å². The van der Waals surface area contributed by atoms with E-state index < -0.39 is 0 Å². The monoisotopic (exact) mass is 246 g/mol. The number of fused-ring (bicyclic) bond motifs is 1. The van der Waals surface area contributed by atoms with Crippen LogP contribution in [0.4, 0.5) is 11.5 Å². The lowest BCUT2D eigenvalue weighted by Crippen LogP contribution is -2.42. The lowest BCUT2D eigenvalue weighted by Gasteiger charge is -2.34. The van der Waals surface area contributed by atoms with Gasteiger partial charge in [0.25, 0.3) is 0 Å². The van der Waals surface area contributed by atoms with Crippen LogP contribution in [-0.4, -0.2) is 37.1 Å². The summed E-state index contributed by atoms with van der Waals surface area (Å²) in [6.45, 7) is 2.99. The molecule has 5 heteroatoms. The van der Waals surface area contributed by atoms with E-state index in [4.69, 9.17) is 0 Å². The second-order valence-corrected chi connectivity index (χ2v) is 4.88. The number of nitrogens with zero attached hydrogens (tertiary/aromatic N) is 2. The summed E-state index contributed by atoms with van der Waals surface area (Å²) in [6.07, 6.45) is 5.79. The maximum absolute atomic E-state index is 10.4. The Kier molecular flexibility index (Phi) is 3.04. The molecule has 0 saturated carbocycles. The van der Waals surface area contributed by atoms with Gasteiger partial charge in [0.2, 0.25) is 6.41 Å². The quantitative estimate of drug-likeness (QED) is 0.773. The summed E-state index contributed by atoms with van der Waals surface area (Å²) in [5.41, 5.74) is 2.66. The van der Waals surface area contributed by atoms with Gasteiger partial charge in [0, 0.05) is 43.1 Å². The lowest BCUT2D eigenvalue weighted by molar-refractivity contribution is -0.110. The summed E-state index contributed by atoms with van der Waals surface area (Å²) in [5.74, 6) is 1.04.